The van der Waals surface area contributed by atoms with Crippen LogP contribution in [-0.4, -0.2) is 30.9 Å². The van der Waals surface area contributed by atoms with E-state index >= 15 is 0 Å². The third kappa shape index (κ3) is 6.27. The first kappa shape index (κ1) is 17.2. The number of carbonyl (C=O) groups is 1. The van der Waals surface area contributed by atoms with Gasteiger partial charge < -0.3 is 10.2 Å². The zero-order valence-electron chi connectivity index (χ0n) is 11.5. The predicted octanol–water partition coefficient (Wildman–Crippen LogP) is 2.56. The molecular weight excluding hydrogens is 200 g/mol. The summed E-state index contributed by atoms with van der Waals surface area (Å²) in [6, 6.07) is 0. The normalized spacial score (nSPS) is 12.0. The van der Waals surface area contributed by atoms with E-state index < -0.39 is 0 Å². The van der Waals surface area contributed by atoms with Gasteiger partial charge in [0.05, 0.1) is 5.57 Å². The molecule has 0 bridgehead atoms. The molecule has 0 radical (unpaired) electrons. The molecule has 0 aromatic carbocycles. The minimum atomic E-state index is 0.0703. The number of nitrogens with zero attached hydrogens (tertiary/aromatic N) is 1. The molecule has 1 N–H and O–H groups in total. The Bertz CT molecular complexity index is 232. The molecule has 94 valence electrons. The maximum Gasteiger partial charge on any atom is 0.255 e. The summed E-state index contributed by atoms with van der Waals surface area (Å²) < 4.78 is 0. The van der Waals surface area contributed by atoms with Gasteiger partial charge in [0.1, 0.15) is 0 Å². The summed E-state index contributed by atoms with van der Waals surface area (Å²) in [5, 5.41) is 3.00. The molecule has 3 heteroatoms. The molecule has 0 saturated heterocycles. The van der Waals surface area contributed by atoms with Gasteiger partial charge in [0.2, 0.25) is 0 Å². The number of likely N-dealkylation sites (N-methyl/N-ethyl adjacent to an activating group) is 1. The van der Waals surface area contributed by atoms with Crippen molar-refractivity contribution >= 4 is 5.91 Å². The second kappa shape index (κ2) is 11.8. The van der Waals surface area contributed by atoms with Crippen molar-refractivity contribution < 1.29 is 4.79 Å². The molecule has 1 heterocycles. The summed E-state index contributed by atoms with van der Waals surface area (Å²) in [5.74, 6) is 0.0703. The number of dihydropyridines is 1. The van der Waals surface area contributed by atoms with Crippen molar-refractivity contribution in [1.29, 1.82) is 0 Å². The Morgan fingerprint density at radius 3 is 2.31 bits per heavy atom. The van der Waals surface area contributed by atoms with Crippen LogP contribution in [0.3, 0.4) is 0 Å². The van der Waals surface area contributed by atoms with Gasteiger partial charge in [-0.05, 0) is 6.92 Å². The highest BCUT2D eigenvalue weighted by molar-refractivity contribution is 5.96. The van der Waals surface area contributed by atoms with E-state index in [1.54, 1.807) is 18.1 Å². The first-order valence-electron chi connectivity index (χ1n) is 6.11. The summed E-state index contributed by atoms with van der Waals surface area (Å²) in [7, 11) is 1.80. The molecule has 0 aliphatic carbocycles. The second-order valence-electron chi connectivity index (χ2n) is 2.73. The molecule has 0 fully saturated rings. The number of carbonyl (C=O) groups excluding carboxylic acids is 1. The maximum absolute atomic E-state index is 11.5. The van der Waals surface area contributed by atoms with Gasteiger partial charge in [0.25, 0.3) is 5.91 Å². The topological polar surface area (TPSA) is 32.3 Å². The Hall–Kier alpha value is -1.25. The number of hydrogen-bond acceptors (Lipinski definition) is 2. The average Bonchev–Trinajstić information content (AvgIpc) is 2.42. The van der Waals surface area contributed by atoms with Gasteiger partial charge >= 0.3 is 0 Å². The summed E-state index contributed by atoms with van der Waals surface area (Å²) in [6.45, 7) is 11.5. The minimum Gasteiger partial charge on any atom is -0.387 e. The minimum absolute atomic E-state index is 0.0703. The molecule has 1 rings (SSSR count). The number of rotatable bonds is 2. The van der Waals surface area contributed by atoms with Crippen molar-refractivity contribution in [2.45, 2.75) is 34.6 Å². The third-order valence-electron chi connectivity index (χ3n) is 1.86. The average molecular weight is 226 g/mol. The van der Waals surface area contributed by atoms with Crippen LogP contribution in [0.5, 0.6) is 0 Å². The zero-order valence-corrected chi connectivity index (χ0v) is 11.5. The summed E-state index contributed by atoms with van der Waals surface area (Å²) in [5.41, 5.74) is 0.727. The fourth-order valence-corrected chi connectivity index (χ4v) is 0.968. The van der Waals surface area contributed by atoms with Crippen LogP contribution < -0.4 is 5.32 Å². The molecule has 3 nitrogen and oxygen atoms in total. The van der Waals surface area contributed by atoms with Crippen LogP contribution in [0, 0.1) is 0 Å². The van der Waals surface area contributed by atoms with Crippen molar-refractivity contribution in [3.8, 4) is 0 Å². The standard InChI is InChI=1S/C9H14N2O.2C2H6/c1-3-11(2)9(12)8-5-4-6-10-7-8;2*1-2/h4-5,7,10H,3,6H2,1-2H3;2*1-2H3. The van der Waals surface area contributed by atoms with Crippen LogP contribution in [0.4, 0.5) is 0 Å². The molecule has 1 aliphatic heterocycles. The zero-order chi connectivity index (χ0) is 13.0. The predicted molar refractivity (Wildman–Crippen MR) is 71.2 cm³/mol. The molecule has 0 atom stereocenters. The van der Waals surface area contributed by atoms with Crippen molar-refractivity contribution in [2.75, 3.05) is 20.1 Å². The lowest BCUT2D eigenvalue weighted by Gasteiger charge is -2.16. The fourth-order valence-electron chi connectivity index (χ4n) is 0.968. The Kier molecular flexibility index (Phi) is 12.7. The number of hydrogen-bond donors (Lipinski definition) is 1. The Morgan fingerprint density at radius 2 is 1.94 bits per heavy atom. The lowest BCUT2D eigenvalue weighted by atomic mass is 10.2. The molecule has 0 spiro atoms. The van der Waals surface area contributed by atoms with Crippen LogP contribution in [0.15, 0.2) is 23.9 Å². The molecule has 0 unspecified atom stereocenters. The van der Waals surface area contributed by atoms with Crippen LogP contribution >= 0.6 is 0 Å². The van der Waals surface area contributed by atoms with Crippen molar-refractivity contribution in [3.05, 3.63) is 23.9 Å². The van der Waals surface area contributed by atoms with E-state index in [9.17, 15) is 4.79 Å². The Labute approximate surface area is 100 Å². The summed E-state index contributed by atoms with van der Waals surface area (Å²) in [6.07, 6.45) is 5.55. The highest BCUT2D eigenvalue weighted by Gasteiger charge is 2.11. The lowest BCUT2D eigenvalue weighted by Crippen LogP contribution is -2.29. The van der Waals surface area contributed by atoms with Crippen molar-refractivity contribution in [2.24, 2.45) is 0 Å². The van der Waals surface area contributed by atoms with Gasteiger partial charge in [-0.3, -0.25) is 4.79 Å². The van der Waals surface area contributed by atoms with Crippen LogP contribution in [0.25, 0.3) is 0 Å². The first-order valence-corrected chi connectivity index (χ1v) is 6.11. The smallest absolute Gasteiger partial charge is 0.255 e. The number of amides is 1. The molecular formula is C13H26N2O. The molecule has 0 saturated carbocycles. The van der Waals surface area contributed by atoms with Crippen LogP contribution in [0.1, 0.15) is 34.6 Å². The van der Waals surface area contributed by atoms with Gasteiger partial charge in [-0.2, -0.15) is 0 Å². The van der Waals surface area contributed by atoms with E-state index in [0.717, 1.165) is 18.7 Å². The van der Waals surface area contributed by atoms with Crippen LogP contribution in [0.2, 0.25) is 0 Å². The number of nitrogens with one attached hydrogen (secondary N) is 1. The van der Waals surface area contributed by atoms with Crippen molar-refractivity contribution in [3.63, 3.8) is 0 Å². The van der Waals surface area contributed by atoms with E-state index in [-0.39, 0.29) is 5.91 Å². The molecule has 16 heavy (non-hydrogen) atoms. The summed E-state index contributed by atoms with van der Waals surface area (Å²) in [4.78, 5) is 13.2. The van der Waals surface area contributed by atoms with Gasteiger partial charge in [0.15, 0.2) is 0 Å². The molecule has 0 aromatic heterocycles. The largest absolute Gasteiger partial charge is 0.387 e. The SMILES string of the molecule is CC.CC.CCN(C)C(=O)C1=CNCC=C1. The van der Waals surface area contributed by atoms with E-state index in [0.29, 0.717) is 0 Å². The van der Waals surface area contributed by atoms with E-state index in [2.05, 4.69) is 5.32 Å². The van der Waals surface area contributed by atoms with Crippen LogP contribution in [-0.2, 0) is 4.79 Å². The molecule has 1 aliphatic rings. The highest BCUT2D eigenvalue weighted by atomic mass is 16.2. The Balaban J connectivity index is 0. The summed E-state index contributed by atoms with van der Waals surface area (Å²) >= 11 is 0. The van der Waals surface area contributed by atoms with E-state index in [1.165, 1.54) is 0 Å². The van der Waals surface area contributed by atoms with E-state index in [4.69, 9.17) is 0 Å². The van der Waals surface area contributed by atoms with Gasteiger partial charge in [-0.15, -0.1) is 0 Å². The monoisotopic (exact) mass is 226 g/mol. The molecule has 1 amide bonds. The van der Waals surface area contributed by atoms with Gasteiger partial charge in [-0.25, -0.2) is 0 Å². The first-order chi connectivity index (χ1) is 7.75. The fraction of sp³-hybridized carbons (Fsp3) is 0.615. The maximum atomic E-state index is 11.5. The van der Waals surface area contributed by atoms with Crippen molar-refractivity contribution in [1.82, 2.24) is 10.2 Å². The highest BCUT2D eigenvalue weighted by Crippen LogP contribution is 2.03. The Morgan fingerprint density at radius 1 is 1.38 bits per heavy atom. The van der Waals surface area contributed by atoms with E-state index in [1.807, 2.05) is 46.8 Å². The molecule has 0 aromatic rings. The van der Waals surface area contributed by atoms with Gasteiger partial charge in [-0.1, -0.05) is 39.8 Å². The second-order valence-corrected chi connectivity index (χ2v) is 2.73. The van der Waals surface area contributed by atoms with Gasteiger partial charge in [0, 0.05) is 26.3 Å². The quantitative estimate of drug-likeness (QED) is 0.785. The third-order valence-corrected chi connectivity index (χ3v) is 1.86. The lowest BCUT2D eigenvalue weighted by molar-refractivity contribution is -0.125.